The summed E-state index contributed by atoms with van der Waals surface area (Å²) in [5.41, 5.74) is -0.709. The van der Waals surface area contributed by atoms with Gasteiger partial charge in [0.25, 0.3) is 12.3 Å². The average molecular weight is 772 g/mol. The molecule has 3 aliphatic rings. The number of halogens is 5. The highest BCUT2D eigenvalue weighted by atomic mass is 19.4. The van der Waals surface area contributed by atoms with Crippen LogP contribution in [0.4, 0.5) is 33.3 Å². The molecule has 0 radical (unpaired) electrons. The molecule has 3 aromatic heterocycles. The van der Waals surface area contributed by atoms with E-state index in [2.05, 4.69) is 37.6 Å². The summed E-state index contributed by atoms with van der Waals surface area (Å²) in [5.74, 6) is -1.47. The van der Waals surface area contributed by atoms with E-state index < -0.39 is 47.5 Å². The van der Waals surface area contributed by atoms with Crippen LogP contribution >= 0.6 is 0 Å². The Kier molecular flexibility index (Phi) is 10.5. The van der Waals surface area contributed by atoms with Crippen LogP contribution in [0, 0.1) is 5.92 Å². The molecule has 55 heavy (non-hydrogen) atoms. The summed E-state index contributed by atoms with van der Waals surface area (Å²) in [7, 11) is 3.82. The summed E-state index contributed by atoms with van der Waals surface area (Å²) in [5, 5.41) is 8.71. The highest BCUT2D eigenvalue weighted by molar-refractivity contribution is 6.03. The average Bonchev–Trinajstić information content (AvgIpc) is 3.70. The first-order valence-corrected chi connectivity index (χ1v) is 18.4. The van der Waals surface area contributed by atoms with Crippen molar-refractivity contribution >= 4 is 40.1 Å². The maximum absolute atomic E-state index is 13.9. The molecule has 294 valence electrons. The van der Waals surface area contributed by atoms with Crippen molar-refractivity contribution in [3.63, 3.8) is 0 Å². The highest BCUT2D eigenvalue weighted by Crippen LogP contribution is 2.37. The van der Waals surface area contributed by atoms with Gasteiger partial charge in [-0.05, 0) is 82.2 Å². The van der Waals surface area contributed by atoms with E-state index in [1.54, 1.807) is 11.6 Å². The summed E-state index contributed by atoms with van der Waals surface area (Å²) in [6.07, 6.45) is -1.16. The van der Waals surface area contributed by atoms with Crippen LogP contribution in [0.3, 0.4) is 0 Å². The van der Waals surface area contributed by atoms with Gasteiger partial charge in [-0.25, -0.2) is 18.6 Å². The quantitative estimate of drug-likeness (QED) is 0.169. The van der Waals surface area contributed by atoms with Crippen molar-refractivity contribution in [2.45, 2.75) is 82.1 Å². The van der Waals surface area contributed by atoms with Crippen molar-refractivity contribution in [3.05, 3.63) is 70.2 Å². The number of carbonyl (C=O) groups is 3. The molecule has 5 heterocycles. The van der Waals surface area contributed by atoms with Crippen LogP contribution in [0.15, 0.2) is 47.4 Å². The number of aromatic nitrogens is 5. The lowest BCUT2D eigenvalue weighted by Crippen LogP contribution is -2.45. The summed E-state index contributed by atoms with van der Waals surface area (Å²) >= 11 is 0. The fourth-order valence-corrected chi connectivity index (χ4v) is 8.35. The van der Waals surface area contributed by atoms with Gasteiger partial charge in [0.15, 0.2) is 5.69 Å². The standard InChI is InChI=1S/C37H42F5N9O4/c1-47(22-15-17-49(18-16-22)26-6-4-7-27-32(26)48(2)36(55)51(27)28-13-14-30(52)45-35(28)54)19-21-9-11-23(12-10-21)50-20-25(31(46-50)33(38)39)44-34(53)24-5-3-8-29(43-24)37(40,41)42/h3-8,20-23,28,33H,9-19H2,1-2H3,(H,44,53)(H,45,52,54)/t21-,23-,28?. The van der Waals surface area contributed by atoms with Crippen molar-refractivity contribution in [2.24, 2.45) is 13.0 Å². The van der Waals surface area contributed by atoms with E-state index in [0.717, 1.165) is 74.7 Å². The molecule has 7 rings (SSSR count). The van der Waals surface area contributed by atoms with Crippen LogP contribution in [0.5, 0.6) is 0 Å². The Hall–Kier alpha value is -5.13. The minimum atomic E-state index is -4.77. The number of alkyl halides is 5. The monoisotopic (exact) mass is 771 g/mol. The minimum Gasteiger partial charge on any atom is -0.370 e. The van der Waals surface area contributed by atoms with Crippen LogP contribution < -0.4 is 21.2 Å². The van der Waals surface area contributed by atoms with E-state index in [-0.39, 0.29) is 36.2 Å². The van der Waals surface area contributed by atoms with Gasteiger partial charge < -0.3 is 15.1 Å². The fraction of sp³-hybridized carbons (Fsp3) is 0.514. The van der Waals surface area contributed by atoms with E-state index in [0.29, 0.717) is 30.3 Å². The molecular formula is C37H42F5N9O4. The number of imidazole rings is 1. The van der Waals surface area contributed by atoms with Crippen molar-refractivity contribution in [3.8, 4) is 0 Å². The lowest BCUT2D eigenvalue weighted by atomic mass is 9.85. The van der Waals surface area contributed by atoms with Gasteiger partial charge >= 0.3 is 11.9 Å². The highest BCUT2D eigenvalue weighted by Gasteiger charge is 2.35. The number of aryl methyl sites for hydroxylation is 1. The Balaban J connectivity index is 0.941. The van der Waals surface area contributed by atoms with Crippen molar-refractivity contribution < 1.29 is 36.3 Å². The van der Waals surface area contributed by atoms with Crippen LogP contribution in [0.25, 0.3) is 11.0 Å². The summed E-state index contributed by atoms with van der Waals surface area (Å²) in [6, 6.07) is 7.95. The summed E-state index contributed by atoms with van der Waals surface area (Å²) < 4.78 is 71.7. The molecule has 2 aliphatic heterocycles. The second kappa shape index (κ2) is 15.2. The number of nitrogens with one attached hydrogen (secondary N) is 2. The second-order valence-electron chi connectivity index (χ2n) is 14.7. The molecule has 2 saturated heterocycles. The first-order chi connectivity index (χ1) is 26.2. The molecule has 1 saturated carbocycles. The third-order valence-corrected chi connectivity index (χ3v) is 11.3. The fourth-order valence-electron chi connectivity index (χ4n) is 8.35. The minimum absolute atomic E-state index is 0.172. The van der Waals surface area contributed by atoms with Gasteiger partial charge in [-0.2, -0.15) is 18.3 Å². The van der Waals surface area contributed by atoms with Gasteiger partial charge in [-0.1, -0.05) is 12.1 Å². The number of amides is 3. The third kappa shape index (κ3) is 7.73. The predicted molar refractivity (Wildman–Crippen MR) is 192 cm³/mol. The Morgan fingerprint density at radius 2 is 1.71 bits per heavy atom. The van der Waals surface area contributed by atoms with E-state index in [1.807, 2.05) is 18.2 Å². The molecule has 1 aromatic carbocycles. The predicted octanol–water partition coefficient (Wildman–Crippen LogP) is 5.45. The molecular weight excluding hydrogens is 729 g/mol. The molecule has 1 aliphatic carbocycles. The lowest BCUT2D eigenvalue weighted by Gasteiger charge is -2.40. The van der Waals surface area contributed by atoms with Crippen molar-refractivity contribution in [2.75, 3.05) is 36.9 Å². The number of hydrogen-bond donors (Lipinski definition) is 2. The first-order valence-electron chi connectivity index (χ1n) is 18.4. The van der Waals surface area contributed by atoms with E-state index in [4.69, 9.17) is 0 Å². The molecule has 2 N–H and O–H groups in total. The van der Waals surface area contributed by atoms with Crippen LogP contribution in [0.1, 0.15) is 91.8 Å². The number of pyridine rings is 1. The second-order valence-corrected chi connectivity index (χ2v) is 14.7. The number of para-hydroxylation sites is 1. The zero-order valence-corrected chi connectivity index (χ0v) is 30.4. The summed E-state index contributed by atoms with van der Waals surface area (Å²) in [4.78, 5) is 58.5. The van der Waals surface area contributed by atoms with Crippen LogP contribution in [-0.4, -0.2) is 79.2 Å². The molecule has 1 unspecified atom stereocenters. The van der Waals surface area contributed by atoms with E-state index in [1.165, 1.54) is 15.4 Å². The molecule has 13 nitrogen and oxygen atoms in total. The molecule has 3 amide bonds. The van der Waals surface area contributed by atoms with Crippen molar-refractivity contribution in [1.29, 1.82) is 0 Å². The number of nitrogens with zero attached hydrogens (tertiary/aromatic N) is 7. The molecule has 0 bridgehead atoms. The topological polar surface area (TPSA) is 139 Å². The first kappa shape index (κ1) is 38.2. The van der Waals surface area contributed by atoms with Gasteiger partial charge in [0.2, 0.25) is 11.8 Å². The van der Waals surface area contributed by atoms with Gasteiger partial charge in [0.1, 0.15) is 17.4 Å². The normalized spacial score (nSPS) is 21.5. The molecule has 18 heteroatoms. The molecule has 3 fully saturated rings. The lowest BCUT2D eigenvalue weighted by molar-refractivity contribution is -0.141. The number of benzene rings is 1. The van der Waals surface area contributed by atoms with E-state index >= 15 is 0 Å². The van der Waals surface area contributed by atoms with Crippen LogP contribution in [0.2, 0.25) is 0 Å². The SMILES string of the molecule is CN(C[C@H]1CC[C@H](n2cc(NC(=O)c3cccc(C(F)(F)F)n3)c(C(F)F)n2)CC1)C1CCN(c2cccc3c2n(C)c(=O)n3C2CCC(=O)NC2=O)CC1. The number of imide groups is 1. The number of rotatable bonds is 9. The smallest absolute Gasteiger partial charge is 0.370 e. The molecule has 1 atom stereocenters. The largest absolute Gasteiger partial charge is 0.433 e. The van der Waals surface area contributed by atoms with Gasteiger partial charge in [0.05, 0.1) is 28.5 Å². The van der Waals surface area contributed by atoms with E-state index in [9.17, 15) is 41.1 Å². The number of fused-ring (bicyclic) bond motifs is 1. The Labute approximate surface area is 312 Å². The molecule has 4 aromatic rings. The van der Waals surface area contributed by atoms with Gasteiger partial charge in [-0.15, -0.1) is 0 Å². The zero-order chi connectivity index (χ0) is 39.2. The number of carbonyl (C=O) groups excluding carboxylic acids is 3. The third-order valence-electron chi connectivity index (χ3n) is 11.3. The number of anilines is 2. The Morgan fingerprint density at radius 1 is 1.00 bits per heavy atom. The van der Waals surface area contributed by atoms with Crippen molar-refractivity contribution in [1.82, 2.24) is 34.1 Å². The Morgan fingerprint density at radius 3 is 2.38 bits per heavy atom. The number of hydrogen-bond acceptors (Lipinski definition) is 8. The number of piperidine rings is 2. The molecule has 0 spiro atoms. The Bertz CT molecular complexity index is 2150. The maximum Gasteiger partial charge on any atom is 0.433 e. The van der Waals surface area contributed by atoms with Gasteiger partial charge in [-0.3, -0.25) is 33.5 Å². The zero-order valence-electron chi connectivity index (χ0n) is 30.4. The summed E-state index contributed by atoms with van der Waals surface area (Å²) in [6.45, 7) is 2.41. The maximum atomic E-state index is 13.9. The van der Waals surface area contributed by atoms with Gasteiger partial charge in [0, 0.05) is 45.3 Å². The van der Waals surface area contributed by atoms with Crippen LogP contribution in [-0.2, 0) is 22.8 Å².